The van der Waals surface area contributed by atoms with Crippen molar-refractivity contribution in [3.63, 3.8) is 0 Å². The minimum Gasteiger partial charge on any atom is -0.338 e. The van der Waals surface area contributed by atoms with E-state index < -0.39 is 9.84 Å². The van der Waals surface area contributed by atoms with Crippen molar-refractivity contribution in [2.75, 3.05) is 12.3 Å². The molecule has 0 bridgehead atoms. The summed E-state index contributed by atoms with van der Waals surface area (Å²) in [7, 11) is -3.15. The second kappa shape index (κ2) is 6.93. The summed E-state index contributed by atoms with van der Waals surface area (Å²) in [4.78, 5) is 11.9. The molecule has 21 heavy (non-hydrogen) atoms. The van der Waals surface area contributed by atoms with Crippen LogP contribution in [-0.2, 0) is 16.3 Å². The van der Waals surface area contributed by atoms with E-state index in [4.69, 9.17) is 0 Å². The molecule has 2 amide bonds. The topological polar surface area (TPSA) is 75.3 Å². The van der Waals surface area contributed by atoms with Crippen molar-refractivity contribution in [3.8, 4) is 0 Å². The molecule has 0 atom stereocenters. The van der Waals surface area contributed by atoms with E-state index in [0.29, 0.717) is 17.9 Å². The van der Waals surface area contributed by atoms with Gasteiger partial charge in [-0.3, -0.25) is 0 Å². The molecule has 1 rings (SSSR count). The van der Waals surface area contributed by atoms with Gasteiger partial charge in [0.25, 0.3) is 0 Å². The van der Waals surface area contributed by atoms with Gasteiger partial charge >= 0.3 is 6.03 Å². The second-order valence-corrected chi connectivity index (χ2v) is 8.21. The zero-order chi connectivity index (χ0) is 16.1. The van der Waals surface area contributed by atoms with Gasteiger partial charge in [0.05, 0.1) is 10.6 Å². The van der Waals surface area contributed by atoms with Gasteiger partial charge in [0.1, 0.15) is 0 Å². The van der Waals surface area contributed by atoms with Crippen LogP contribution in [0.2, 0.25) is 0 Å². The molecular weight excluding hydrogens is 288 g/mol. The minimum absolute atomic E-state index is 0.0981. The average molecular weight is 312 g/mol. The maximum absolute atomic E-state index is 11.7. The Labute approximate surface area is 127 Å². The Morgan fingerprint density at radius 3 is 2.19 bits per heavy atom. The second-order valence-electron chi connectivity index (χ2n) is 5.93. The lowest BCUT2D eigenvalue weighted by atomic mass is 10.1. The standard InChI is InChI=1S/C15H24N2O3S/c1-5-21(19,20)13-8-6-12(7-9-13)10-11-16-14(18)17-15(2,3)4/h6-9H,5,10-11H2,1-4H3,(H2,16,17,18). The smallest absolute Gasteiger partial charge is 0.315 e. The van der Waals surface area contributed by atoms with Crippen molar-refractivity contribution in [1.82, 2.24) is 10.6 Å². The van der Waals surface area contributed by atoms with Crippen LogP contribution < -0.4 is 10.6 Å². The molecule has 0 saturated heterocycles. The molecule has 1 aromatic carbocycles. The van der Waals surface area contributed by atoms with Crippen molar-refractivity contribution in [2.24, 2.45) is 0 Å². The van der Waals surface area contributed by atoms with Crippen molar-refractivity contribution in [1.29, 1.82) is 0 Å². The van der Waals surface area contributed by atoms with E-state index in [1.54, 1.807) is 31.2 Å². The molecule has 1 aromatic rings. The fourth-order valence-corrected chi connectivity index (χ4v) is 2.62. The number of amides is 2. The number of hydrogen-bond donors (Lipinski definition) is 2. The monoisotopic (exact) mass is 312 g/mol. The van der Waals surface area contributed by atoms with Crippen LogP contribution in [0.5, 0.6) is 0 Å². The lowest BCUT2D eigenvalue weighted by Crippen LogP contribution is -2.46. The Hall–Kier alpha value is -1.56. The van der Waals surface area contributed by atoms with Crippen LogP contribution >= 0.6 is 0 Å². The Bertz CT molecular complexity index is 572. The number of sulfone groups is 1. The normalized spacial score (nSPS) is 12.0. The van der Waals surface area contributed by atoms with Crippen LogP contribution in [-0.4, -0.2) is 32.3 Å². The van der Waals surface area contributed by atoms with E-state index in [9.17, 15) is 13.2 Å². The largest absolute Gasteiger partial charge is 0.338 e. The van der Waals surface area contributed by atoms with Crippen LogP contribution in [0.1, 0.15) is 33.3 Å². The number of carbonyl (C=O) groups is 1. The molecule has 118 valence electrons. The molecule has 0 radical (unpaired) electrons. The van der Waals surface area contributed by atoms with Crippen molar-refractivity contribution >= 4 is 15.9 Å². The summed E-state index contributed by atoms with van der Waals surface area (Å²) >= 11 is 0. The lowest BCUT2D eigenvalue weighted by molar-refractivity contribution is 0.232. The number of nitrogens with one attached hydrogen (secondary N) is 2. The van der Waals surface area contributed by atoms with Crippen molar-refractivity contribution in [3.05, 3.63) is 29.8 Å². The first-order valence-electron chi connectivity index (χ1n) is 7.02. The molecule has 0 unspecified atom stereocenters. The fourth-order valence-electron chi connectivity index (χ4n) is 1.74. The van der Waals surface area contributed by atoms with Crippen LogP contribution in [0.4, 0.5) is 4.79 Å². The third-order valence-electron chi connectivity index (χ3n) is 2.85. The molecule has 0 saturated carbocycles. The molecule has 2 N–H and O–H groups in total. The number of rotatable bonds is 5. The maximum atomic E-state index is 11.7. The van der Waals surface area contributed by atoms with E-state index in [1.165, 1.54) is 0 Å². The molecular formula is C15H24N2O3S. The van der Waals surface area contributed by atoms with Crippen LogP contribution in [0.25, 0.3) is 0 Å². The summed E-state index contributed by atoms with van der Waals surface area (Å²) in [5, 5.41) is 5.59. The van der Waals surface area contributed by atoms with Gasteiger partial charge in [0.15, 0.2) is 9.84 Å². The SMILES string of the molecule is CCS(=O)(=O)c1ccc(CCNC(=O)NC(C)(C)C)cc1. The predicted molar refractivity (Wildman–Crippen MR) is 84.2 cm³/mol. The average Bonchev–Trinajstić information content (AvgIpc) is 2.37. The maximum Gasteiger partial charge on any atom is 0.315 e. The Morgan fingerprint density at radius 1 is 1.14 bits per heavy atom. The van der Waals surface area contributed by atoms with Crippen LogP contribution in [0, 0.1) is 0 Å². The van der Waals surface area contributed by atoms with E-state index in [1.807, 2.05) is 20.8 Å². The Kier molecular flexibility index (Phi) is 5.78. The minimum atomic E-state index is -3.15. The number of urea groups is 1. The van der Waals surface area contributed by atoms with Gasteiger partial charge in [-0.1, -0.05) is 19.1 Å². The van der Waals surface area contributed by atoms with E-state index in [0.717, 1.165) is 5.56 Å². The molecule has 0 spiro atoms. The third-order valence-corrected chi connectivity index (χ3v) is 4.60. The first kappa shape index (κ1) is 17.5. The van der Waals surface area contributed by atoms with Gasteiger partial charge in [-0.05, 0) is 44.9 Å². The molecule has 6 heteroatoms. The van der Waals surface area contributed by atoms with Crippen LogP contribution in [0.15, 0.2) is 29.2 Å². The highest BCUT2D eigenvalue weighted by Gasteiger charge is 2.13. The zero-order valence-electron chi connectivity index (χ0n) is 13.1. The number of hydrogen-bond acceptors (Lipinski definition) is 3. The summed E-state index contributed by atoms with van der Waals surface area (Å²) in [6, 6.07) is 6.59. The van der Waals surface area contributed by atoms with Gasteiger partial charge in [-0.2, -0.15) is 0 Å². The number of benzene rings is 1. The van der Waals surface area contributed by atoms with Gasteiger partial charge in [-0.25, -0.2) is 13.2 Å². The highest BCUT2D eigenvalue weighted by molar-refractivity contribution is 7.91. The third kappa shape index (κ3) is 6.16. The van der Waals surface area contributed by atoms with E-state index in [2.05, 4.69) is 10.6 Å². The van der Waals surface area contributed by atoms with Crippen molar-refractivity contribution in [2.45, 2.75) is 44.6 Å². The summed E-state index contributed by atoms with van der Waals surface area (Å²) in [5.74, 6) is 0.0981. The fraction of sp³-hybridized carbons (Fsp3) is 0.533. The molecule has 0 aliphatic heterocycles. The molecule has 0 heterocycles. The van der Waals surface area contributed by atoms with Gasteiger partial charge in [-0.15, -0.1) is 0 Å². The quantitative estimate of drug-likeness (QED) is 0.874. The van der Waals surface area contributed by atoms with Crippen LogP contribution in [0.3, 0.4) is 0 Å². The zero-order valence-corrected chi connectivity index (χ0v) is 13.9. The molecule has 0 aliphatic carbocycles. The summed E-state index contributed by atoms with van der Waals surface area (Å²) in [5.41, 5.74) is 0.723. The lowest BCUT2D eigenvalue weighted by Gasteiger charge is -2.20. The summed E-state index contributed by atoms with van der Waals surface area (Å²) in [6.07, 6.45) is 0.657. The molecule has 0 aromatic heterocycles. The first-order valence-corrected chi connectivity index (χ1v) is 8.67. The highest BCUT2D eigenvalue weighted by Crippen LogP contribution is 2.12. The summed E-state index contributed by atoms with van der Waals surface area (Å²) in [6.45, 7) is 7.88. The summed E-state index contributed by atoms with van der Waals surface area (Å²) < 4.78 is 23.4. The van der Waals surface area contributed by atoms with Gasteiger partial charge in [0.2, 0.25) is 0 Å². The Balaban J connectivity index is 2.49. The van der Waals surface area contributed by atoms with Gasteiger partial charge in [0, 0.05) is 12.1 Å². The highest BCUT2D eigenvalue weighted by atomic mass is 32.2. The molecule has 0 fully saturated rings. The van der Waals surface area contributed by atoms with Gasteiger partial charge < -0.3 is 10.6 Å². The first-order chi connectivity index (χ1) is 9.64. The predicted octanol–water partition coefficient (Wildman–Crippen LogP) is 2.12. The molecule has 5 nitrogen and oxygen atoms in total. The van der Waals surface area contributed by atoms with Crippen molar-refractivity contribution < 1.29 is 13.2 Å². The molecule has 0 aliphatic rings. The van der Waals surface area contributed by atoms with E-state index >= 15 is 0 Å². The number of carbonyl (C=O) groups excluding carboxylic acids is 1. The Morgan fingerprint density at radius 2 is 1.71 bits per heavy atom. The van der Waals surface area contributed by atoms with E-state index in [-0.39, 0.29) is 17.3 Å².